The van der Waals surface area contributed by atoms with E-state index in [9.17, 15) is 19.7 Å². The topological polar surface area (TPSA) is 89.8 Å². The Labute approximate surface area is 134 Å². The third kappa shape index (κ3) is 4.06. The summed E-state index contributed by atoms with van der Waals surface area (Å²) < 4.78 is 5.04. The van der Waals surface area contributed by atoms with Crippen LogP contribution in [0.4, 0.5) is 5.69 Å². The average Bonchev–Trinajstić information content (AvgIpc) is 2.52. The van der Waals surface area contributed by atoms with E-state index in [1.54, 1.807) is 4.90 Å². The predicted octanol–water partition coefficient (Wildman–Crippen LogP) is 2.32. The van der Waals surface area contributed by atoms with Crippen LogP contribution in [0.3, 0.4) is 0 Å². The first-order valence-electron chi connectivity index (χ1n) is 7.59. The molecule has 7 nitrogen and oxygen atoms in total. The van der Waals surface area contributed by atoms with Gasteiger partial charge in [0.15, 0.2) is 6.61 Å². The number of benzene rings is 1. The van der Waals surface area contributed by atoms with E-state index < -0.39 is 10.9 Å². The highest BCUT2D eigenvalue weighted by molar-refractivity contribution is 5.93. The Kier molecular flexibility index (Phi) is 5.31. The van der Waals surface area contributed by atoms with Crippen molar-refractivity contribution in [2.24, 2.45) is 5.92 Å². The molecule has 0 N–H and O–H groups in total. The van der Waals surface area contributed by atoms with Gasteiger partial charge in [0.05, 0.1) is 10.5 Å². The number of hydrogen-bond donors (Lipinski definition) is 0. The zero-order valence-electron chi connectivity index (χ0n) is 13.3. The molecule has 0 radical (unpaired) electrons. The number of nitrogens with zero attached hydrogens (tertiary/aromatic N) is 2. The monoisotopic (exact) mass is 320 g/mol. The zero-order valence-corrected chi connectivity index (χ0v) is 13.3. The molecule has 1 atom stereocenters. The van der Waals surface area contributed by atoms with E-state index in [0.717, 1.165) is 12.8 Å². The molecule has 0 aliphatic carbocycles. The molecule has 1 amide bonds. The maximum atomic E-state index is 12.1. The fourth-order valence-electron chi connectivity index (χ4n) is 2.75. The maximum absolute atomic E-state index is 12.1. The van der Waals surface area contributed by atoms with Crippen LogP contribution in [-0.4, -0.2) is 41.4 Å². The van der Waals surface area contributed by atoms with Gasteiger partial charge in [0, 0.05) is 24.7 Å². The number of piperidine rings is 1. The van der Waals surface area contributed by atoms with E-state index in [0.29, 0.717) is 19.0 Å². The minimum Gasteiger partial charge on any atom is -0.452 e. The van der Waals surface area contributed by atoms with Crippen molar-refractivity contribution in [3.63, 3.8) is 0 Å². The quantitative estimate of drug-likeness (QED) is 0.482. The number of esters is 1. The first-order chi connectivity index (χ1) is 10.9. The third-order valence-electron chi connectivity index (χ3n) is 4.06. The summed E-state index contributed by atoms with van der Waals surface area (Å²) in [5.41, 5.74) is 0.205. The summed E-state index contributed by atoms with van der Waals surface area (Å²) in [6, 6.07) is 4.21. The van der Waals surface area contributed by atoms with Crippen molar-refractivity contribution >= 4 is 17.6 Å². The van der Waals surface area contributed by atoms with Crippen molar-refractivity contribution in [3.8, 4) is 0 Å². The number of ether oxygens (including phenoxy) is 1. The van der Waals surface area contributed by atoms with E-state index >= 15 is 0 Å². The standard InChI is InChI=1S/C16H20N2O5/c1-11-5-4-8-17(9-11)15(19)10-23-16(20)13-6-3-7-14(12(13)2)18(21)22/h3,6-7,11H,4-5,8-10H2,1-2H3/t11-/m1/s1. The Balaban J connectivity index is 1.98. The summed E-state index contributed by atoms with van der Waals surface area (Å²) in [6.45, 7) is 4.58. The largest absolute Gasteiger partial charge is 0.452 e. The van der Waals surface area contributed by atoms with Crippen molar-refractivity contribution in [1.82, 2.24) is 4.90 Å². The van der Waals surface area contributed by atoms with Crippen LogP contribution in [0.5, 0.6) is 0 Å². The lowest BCUT2D eigenvalue weighted by molar-refractivity contribution is -0.385. The lowest BCUT2D eigenvalue weighted by Crippen LogP contribution is -2.41. The first-order valence-corrected chi connectivity index (χ1v) is 7.59. The highest BCUT2D eigenvalue weighted by atomic mass is 16.6. The summed E-state index contributed by atoms with van der Waals surface area (Å²) in [4.78, 5) is 36.2. The molecule has 1 aromatic carbocycles. The minimum atomic E-state index is -0.718. The van der Waals surface area contributed by atoms with Gasteiger partial charge in [-0.3, -0.25) is 14.9 Å². The Hall–Kier alpha value is -2.44. The second kappa shape index (κ2) is 7.21. The van der Waals surface area contributed by atoms with Crippen LogP contribution in [0.1, 0.15) is 35.7 Å². The van der Waals surface area contributed by atoms with Crippen LogP contribution < -0.4 is 0 Å². The van der Waals surface area contributed by atoms with E-state index in [1.165, 1.54) is 25.1 Å². The molecule has 23 heavy (non-hydrogen) atoms. The van der Waals surface area contributed by atoms with Gasteiger partial charge in [0.2, 0.25) is 0 Å². The molecule has 1 aromatic rings. The molecule has 1 aliphatic heterocycles. The van der Waals surface area contributed by atoms with Crippen molar-refractivity contribution in [3.05, 3.63) is 39.4 Å². The zero-order chi connectivity index (χ0) is 17.0. The number of carbonyl (C=O) groups excluding carboxylic acids is 2. The molecular formula is C16H20N2O5. The summed E-state index contributed by atoms with van der Waals surface area (Å²) in [6.07, 6.45) is 2.04. The van der Waals surface area contributed by atoms with Gasteiger partial charge in [-0.15, -0.1) is 0 Å². The number of carbonyl (C=O) groups is 2. The lowest BCUT2D eigenvalue weighted by Gasteiger charge is -2.30. The van der Waals surface area contributed by atoms with Gasteiger partial charge < -0.3 is 9.64 Å². The fourth-order valence-corrected chi connectivity index (χ4v) is 2.75. The number of likely N-dealkylation sites (tertiary alicyclic amines) is 1. The maximum Gasteiger partial charge on any atom is 0.339 e. The van der Waals surface area contributed by atoms with E-state index in [4.69, 9.17) is 4.74 Å². The van der Waals surface area contributed by atoms with Gasteiger partial charge in [-0.2, -0.15) is 0 Å². The summed E-state index contributed by atoms with van der Waals surface area (Å²) >= 11 is 0. The molecule has 1 aliphatic rings. The lowest BCUT2D eigenvalue weighted by atomic mass is 10.0. The van der Waals surface area contributed by atoms with Crippen molar-refractivity contribution in [2.45, 2.75) is 26.7 Å². The van der Waals surface area contributed by atoms with Gasteiger partial charge in [-0.05, 0) is 31.7 Å². The second-order valence-corrected chi connectivity index (χ2v) is 5.87. The molecule has 1 heterocycles. The molecule has 2 rings (SSSR count). The van der Waals surface area contributed by atoms with Crippen LogP contribution in [-0.2, 0) is 9.53 Å². The molecule has 0 aromatic heterocycles. The molecule has 0 bridgehead atoms. The molecule has 1 fully saturated rings. The normalized spacial score (nSPS) is 17.7. The van der Waals surface area contributed by atoms with Gasteiger partial charge in [0.25, 0.3) is 11.6 Å². The second-order valence-electron chi connectivity index (χ2n) is 5.87. The number of hydrogen-bond acceptors (Lipinski definition) is 5. The van der Waals surface area contributed by atoms with E-state index in [1.807, 2.05) is 0 Å². The molecule has 124 valence electrons. The molecule has 0 unspecified atom stereocenters. The van der Waals surface area contributed by atoms with Gasteiger partial charge in [-0.25, -0.2) is 4.79 Å². The van der Waals surface area contributed by atoms with Crippen LogP contribution >= 0.6 is 0 Å². The van der Waals surface area contributed by atoms with E-state index in [-0.39, 0.29) is 29.3 Å². The summed E-state index contributed by atoms with van der Waals surface area (Å²) in [5, 5.41) is 10.9. The summed E-state index contributed by atoms with van der Waals surface area (Å²) in [5.74, 6) is -0.500. The predicted molar refractivity (Wildman–Crippen MR) is 83.1 cm³/mol. The molecule has 0 spiro atoms. The highest BCUT2D eigenvalue weighted by Gasteiger charge is 2.23. The Morgan fingerprint density at radius 2 is 2.17 bits per heavy atom. The Bertz CT molecular complexity index is 629. The number of nitro benzene ring substituents is 1. The van der Waals surface area contributed by atoms with Gasteiger partial charge in [-0.1, -0.05) is 13.0 Å². The average molecular weight is 320 g/mol. The molecular weight excluding hydrogens is 300 g/mol. The van der Waals surface area contributed by atoms with Crippen LogP contribution in [0.2, 0.25) is 0 Å². The van der Waals surface area contributed by atoms with E-state index in [2.05, 4.69) is 6.92 Å². The Morgan fingerprint density at radius 3 is 2.83 bits per heavy atom. The highest BCUT2D eigenvalue weighted by Crippen LogP contribution is 2.22. The number of nitro groups is 1. The number of amides is 1. The van der Waals surface area contributed by atoms with Crippen LogP contribution in [0.15, 0.2) is 18.2 Å². The molecule has 0 saturated carbocycles. The third-order valence-corrected chi connectivity index (χ3v) is 4.06. The Morgan fingerprint density at radius 1 is 1.43 bits per heavy atom. The molecule has 1 saturated heterocycles. The SMILES string of the molecule is Cc1c(C(=O)OCC(=O)N2CCC[C@@H](C)C2)cccc1[N+](=O)[O-]. The van der Waals surface area contributed by atoms with Crippen molar-refractivity contribution < 1.29 is 19.2 Å². The van der Waals surface area contributed by atoms with Gasteiger partial charge in [0.1, 0.15) is 0 Å². The van der Waals surface area contributed by atoms with Crippen LogP contribution in [0, 0.1) is 23.0 Å². The first kappa shape index (κ1) is 16.9. The van der Waals surface area contributed by atoms with Gasteiger partial charge >= 0.3 is 5.97 Å². The smallest absolute Gasteiger partial charge is 0.339 e. The van der Waals surface area contributed by atoms with Crippen molar-refractivity contribution in [1.29, 1.82) is 0 Å². The summed E-state index contributed by atoms with van der Waals surface area (Å²) in [7, 11) is 0. The van der Waals surface area contributed by atoms with Crippen LogP contribution in [0.25, 0.3) is 0 Å². The minimum absolute atomic E-state index is 0.110. The van der Waals surface area contributed by atoms with Crippen molar-refractivity contribution in [2.75, 3.05) is 19.7 Å². The number of rotatable bonds is 4. The fraction of sp³-hybridized carbons (Fsp3) is 0.500. The molecule has 7 heteroatoms.